The number of rotatable bonds is 1. The highest BCUT2D eigenvalue weighted by molar-refractivity contribution is 5.81. The average Bonchev–Trinajstić information content (AvgIpc) is 2.60. The molecule has 66 valence electrons. The summed E-state index contributed by atoms with van der Waals surface area (Å²) >= 11 is 0. The van der Waals surface area contributed by atoms with Gasteiger partial charge in [-0.15, -0.1) is 0 Å². The van der Waals surface area contributed by atoms with Crippen molar-refractivity contribution in [1.82, 2.24) is 4.90 Å². The largest absolute Gasteiger partial charge is 0.480 e. The Labute approximate surface area is 67.3 Å². The Balaban J connectivity index is 2.16. The van der Waals surface area contributed by atoms with E-state index in [0.29, 0.717) is 0 Å². The quantitative estimate of drug-likeness (QED) is 0.506. The number of hydrogen-bond donors (Lipinski definition) is 2. The van der Waals surface area contributed by atoms with E-state index in [1.54, 1.807) is 0 Å². The van der Waals surface area contributed by atoms with Gasteiger partial charge in [0.2, 0.25) is 0 Å². The molecule has 0 aliphatic carbocycles. The van der Waals surface area contributed by atoms with Crippen LogP contribution in [0.25, 0.3) is 0 Å². The molecule has 12 heavy (non-hydrogen) atoms. The number of epoxide rings is 1. The number of nitrogens with zero attached hydrogens (tertiary/aromatic N) is 1. The van der Waals surface area contributed by atoms with E-state index >= 15 is 0 Å². The molecule has 2 fully saturated rings. The number of ether oxygens (including phenoxy) is 1. The Morgan fingerprint density at radius 1 is 1.42 bits per heavy atom. The summed E-state index contributed by atoms with van der Waals surface area (Å²) in [6, 6.07) is -1.01. The lowest BCUT2D eigenvalue weighted by molar-refractivity contribution is -0.143. The Kier molecular flexibility index (Phi) is 1.29. The Morgan fingerprint density at radius 3 is 2.50 bits per heavy atom. The minimum Gasteiger partial charge on any atom is -0.480 e. The molecule has 2 N–H and O–H groups in total. The highest BCUT2D eigenvalue weighted by atomic mass is 16.6. The highest BCUT2D eigenvalue weighted by Gasteiger charge is 2.59. The van der Waals surface area contributed by atoms with Gasteiger partial charge in [0.25, 0.3) is 0 Å². The second kappa shape index (κ2) is 2.10. The number of carbonyl (C=O) groups is 2. The lowest BCUT2D eigenvalue weighted by Gasteiger charge is -2.19. The molecule has 2 saturated heterocycles. The van der Waals surface area contributed by atoms with Crippen LogP contribution < -0.4 is 0 Å². The van der Waals surface area contributed by atoms with Crippen molar-refractivity contribution in [2.75, 3.05) is 6.54 Å². The average molecular weight is 173 g/mol. The lowest BCUT2D eigenvalue weighted by Crippen LogP contribution is -2.44. The monoisotopic (exact) mass is 173 g/mol. The number of carboxylic acids is 1. The summed E-state index contributed by atoms with van der Waals surface area (Å²) in [5.74, 6) is -1.14. The van der Waals surface area contributed by atoms with Crippen LogP contribution >= 0.6 is 0 Å². The molecule has 0 radical (unpaired) electrons. The van der Waals surface area contributed by atoms with Crippen LogP contribution in [0.5, 0.6) is 0 Å². The first-order chi connectivity index (χ1) is 5.61. The fourth-order valence-electron chi connectivity index (χ4n) is 1.54. The van der Waals surface area contributed by atoms with Gasteiger partial charge in [-0.25, -0.2) is 9.59 Å². The molecule has 2 aliphatic heterocycles. The van der Waals surface area contributed by atoms with E-state index in [9.17, 15) is 9.59 Å². The normalized spacial score (nSPS) is 37.7. The zero-order valence-corrected chi connectivity index (χ0v) is 6.01. The first-order valence-corrected chi connectivity index (χ1v) is 3.49. The van der Waals surface area contributed by atoms with Gasteiger partial charge in [0.1, 0.15) is 12.2 Å². The maximum absolute atomic E-state index is 10.6. The summed E-state index contributed by atoms with van der Waals surface area (Å²) in [5.41, 5.74) is 0. The van der Waals surface area contributed by atoms with Crippen LogP contribution in [0.2, 0.25) is 0 Å². The van der Waals surface area contributed by atoms with Gasteiger partial charge in [-0.05, 0) is 0 Å². The van der Waals surface area contributed by atoms with Crippen molar-refractivity contribution in [1.29, 1.82) is 0 Å². The maximum atomic E-state index is 10.6. The number of hydrogen-bond acceptors (Lipinski definition) is 3. The van der Waals surface area contributed by atoms with Gasteiger partial charge in [0, 0.05) is 0 Å². The zero-order chi connectivity index (χ0) is 8.88. The zero-order valence-electron chi connectivity index (χ0n) is 6.01. The predicted octanol–water partition coefficient (Wildman–Crippen LogP) is -0.799. The molecule has 0 aromatic heterocycles. The summed E-state index contributed by atoms with van der Waals surface area (Å²) in [6.07, 6.45) is -1.81. The molecular weight excluding hydrogens is 166 g/mol. The Hall–Kier alpha value is -1.30. The lowest BCUT2D eigenvalue weighted by atomic mass is 10.2. The van der Waals surface area contributed by atoms with Gasteiger partial charge >= 0.3 is 12.1 Å². The van der Waals surface area contributed by atoms with Crippen LogP contribution in [-0.2, 0) is 9.53 Å². The van der Waals surface area contributed by atoms with Gasteiger partial charge in [0.15, 0.2) is 6.04 Å². The van der Waals surface area contributed by atoms with E-state index in [4.69, 9.17) is 14.9 Å². The molecule has 6 nitrogen and oxygen atoms in total. The van der Waals surface area contributed by atoms with E-state index in [2.05, 4.69) is 0 Å². The minimum atomic E-state index is -1.20. The van der Waals surface area contributed by atoms with Gasteiger partial charge in [-0.2, -0.15) is 0 Å². The van der Waals surface area contributed by atoms with Crippen molar-refractivity contribution in [3.63, 3.8) is 0 Å². The van der Waals surface area contributed by atoms with Crippen LogP contribution in [0.1, 0.15) is 0 Å². The van der Waals surface area contributed by atoms with Crippen molar-refractivity contribution < 1.29 is 24.5 Å². The standard InChI is InChI=1S/C6H7NO5/c8-5(9)3-4-2(12-4)1-7(3)6(10)11/h2-4H,1H2,(H,8,9)(H,10,11)/t2-,3-,4-/m0/s1. The molecule has 2 aliphatic rings. The number of morpholine rings is 1. The molecule has 0 unspecified atom stereocenters. The summed E-state index contributed by atoms with van der Waals surface area (Å²) in [7, 11) is 0. The highest BCUT2D eigenvalue weighted by Crippen LogP contribution is 2.36. The van der Waals surface area contributed by atoms with Crippen LogP contribution in [0, 0.1) is 0 Å². The molecular formula is C6H7NO5. The number of amides is 1. The number of likely N-dealkylation sites (tertiary alicyclic amines) is 1. The fraction of sp³-hybridized carbons (Fsp3) is 0.667. The van der Waals surface area contributed by atoms with Crippen molar-refractivity contribution in [3.8, 4) is 0 Å². The van der Waals surface area contributed by atoms with Gasteiger partial charge in [0.05, 0.1) is 6.54 Å². The Bertz CT molecular complexity index is 252. The smallest absolute Gasteiger partial charge is 0.408 e. The molecule has 1 amide bonds. The minimum absolute atomic E-state index is 0.178. The van der Waals surface area contributed by atoms with E-state index in [1.165, 1.54) is 0 Å². The maximum Gasteiger partial charge on any atom is 0.408 e. The van der Waals surface area contributed by atoms with E-state index in [1.807, 2.05) is 0 Å². The molecule has 0 bridgehead atoms. The van der Waals surface area contributed by atoms with Gasteiger partial charge in [-0.1, -0.05) is 0 Å². The molecule has 0 saturated carbocycles. The first kappa shape index (κ1) is 7.35. The molecule has 0 spiro atoms. The first-order valence-electron chi connectivity index (χ1n) is 3.49. The van der Waals surface area contributed by atoms with E-state index in [0.717, 1.165) is 4.90 Å². The van der Waals surface area contributed by atoms with Gasteiger partial charge < -0.3 is 14.9 Å². The van der Waals surface area contributed by atoms with E-state index in [-0.39, 0.29) is 12.6 Å². The molecule has 6 heteroatoms. The summed E-state index contributed by atoms with van der Waals surface area (Å²) in [6.45, 7) is 0.178. The summed E-state index contributed by atoms with van der Waals surface area (Å²) < 4.78 is 4.92. The van der Waals surface area contributed by atoms with Crippen molar-refractivity contribution in [3.05, 3.63) is 0 Å². The molecule has 2 heterocycles. The molecule has 2 rings (SSSR count). The fourth-order valence-corrected chi connectivity index (χ4v) is 1.54. The van der Waals surface area contributed by atoms with Crippen LogP contribution in [0.4, 0.5) is 4.79 Å². The summed E-state index contributed by atoms with van der Waals surface area (Å²) in [4.78, 5) is 22.0. The third-order valence-electron chi connectivity index (χ3n) is 2.14. The number of carboxylic acid groups (broad SMARTS) is 2. The van der Waals surface area contributed by atoms with Crippen molar-refractivity contribution in [2.24, 2.45) is 0 Å². The van der Waals surface area contributed by atoms with Crippen molar-refractivity contribution in [2.45, 2.75) is 18.2 Å². The topological polar surface area (TPSA) is 90.4 Å². The second-order valence-corrected chi connectivity index (χ2v) is 2.86. The van der Waals surface area contributed by atoms with Crippen LogP contribution in [0.3, 0.4) is 0 Å². The predicted molar refractivity (Wildman–Crippen MR) is 34.8 cm³/mol. The van der Waals surface area contributed by atoms with Crippen LogP contribution in [-0.4, -0.2) is 52.0 Å². The molecule has 0 aromatic carbocycles. The molecule has 0 aromatic rings. The Morgan fingerprint density at radius 2 is 2.08 bits per heavy atom. The second-order valence-electron chi connectivity index (χ2n) is 2.86. The summed E-state index contributed by atoms with van der Waals surface area (Å²) in [5, 5.41) is 17.2. The third kappa shape index (κ3) is 0.845. The van der Waals surface area contributed by atoms with Gasteiger partial charge in [-0.3, -0.25) is 4.90 Å². The SMILES string of the molecule is O=C(O)[C@@H]1[C@H]2O[C@H]2CN1C(=O)O. The number of fused-ring (bicyclic) bond motifs is 1. The third-order valence-corrected chi connectivity index (χ3v) is 2.14. The molecule has 3 atom stereocenters. The van der Waals surface area contributed by atoms with E-state index < -0.39 is 24.2 Å². The van der Waals surface area contributed by atoms with Crippen LogP contribution in [0.15, 0.2) is 0 Å². The van der Waals surface area contributed by atoms with Crippen molar-refractivity contribution >= 4 is 12.1 Å². The number of aliphatic carboxylic acids is 1.